The van der Waals surface area contributed by atoms with E-state index in [1.54, 1.807) is 37.3 Å². The number of pyridine rings is 2. The Labute approximate surface area is 202 Å². The van der Waals surface area contributed by atoms with E-state index in [4.69, 9.17) is 0 Å². The normalized spacial score (nSPS) is 8.24. The zero-order valence-corrected chi connectivity index (χ0v) is 20.7. The molecule has 0 radical (unpaired) electrons. The summed E-state index contributed by atoms with van der Waals surface area (Å²) in [6, 6.07) is 7.83. The molecule has 3 heterocycles. The molecule has 0 aliphatic heterocycles. The molecule has 0 amide bonds. The summed E-state index contributed by atoms with van der Waals surface area (Å²) in [6.45, 7) is 0. The van der Waals surface area contributed by atoms with Crippen LogP contribution in [0.4, 0.5) is 0 Å². The van der Waals surface area contributed by atoms with Gasteiger partial charge in [0.25, 0.3) is 0 Å². The summed E-state index contributed by atoms with van der Waals surface area (Å²) < 4.78 is 9.56. The second kappa shape index (κ2) is 17.8. The van der Waals surface area contributed by atoms with E-state index in [0.717, 1.165) is 32.8 Å². The third kappa shape index (κ3) is 8.67. The van der Waals surface area contributed by atoms with E-state index in [0.29, 0.717) is 0 Å². The van der Waals surface area contributed by atoms with Crippen LogP contribution in [0, 0.1) is 0 Å². The molecule has 0 unspecified atom stereocenters. The van der Waals surface area contributed by atoms with Gasteiger partial charge in [-0.05, 0) is 24.3 Å². The van der Waals surface area contributed by atoms with Crippen molar-refractivity contribution in [3.63, 3.8) is 0 Å². The molecule has 1 aromatic carbocycles. The van der Waals surface area contributed by atoms with E-state index in [2.05, 4.69) is 19.9 Å². The topological polar surface area (TPSA) is 163 Å². The minimum absolute atomic E-state index is 0. The van der Waals surface area contributed by atoms with Crippen molar-refractivity contribution in [3.8, 4) is 0 Å². The summed E-state index contributed by atoms with van der Waals surface area (Å²) in [4.78, 5) is 17.7. The van der Waals surface area contributed by atoms with Crippen molar-refractivity contribution in [2.45, 2.75) is 0 Å². The first-order valence-corrected chi connectivity index (χ1v) is 8.62. The average Bonchev–Trinajstić information content (AvgIpc) is 2.55. The fourth-order valence-electron chi connectivity index (χ4n) is 2.30. The quantitative estimate of drug-likeness (QED) is 0.171. The number of nitrogens with zero attached hydrogens (tertiary/aromatic N) is 4. The number of halogens is 3. The zero-order valence-electron chi connectivity index (χ0n) is 15.2. The van der Waals surface area contributed by atoms with E-state index in [-0.39, 0.29) is 73.8 Å². The maximum absolute atomic E-state index is 9.56. The van der Waals surface area contributed by atoms with Gasteiger partial charge in [-0.15, -0.1) is 0 Å². The van der Waals surface area contributed by atoms with Gasteiger partial charge in [0.2, 0.25) is 0 Å². The first-order valence-electron chi connectivity index (χ1n) is 6.65. The Bertz CT molecular complexity index is 792. The first kappa shape index (κ1) is 38.5. The molecular formula is C16H20Cl3IrN4O4S. The van der Waals surface area contributed by atoms with Crippen molar-refractivity contribution in [3.05, 3.63) is 49.1 Å². The molecule has 0 atom stereocenters. The molecule has 0 spiro atoms. The van der Waals surface area contributed by atoms with Gasteiger partial charge in [-0.1, -0.05) is 0 Å². The average molecular weight is 663 g/mol. The van der Waals surface area contributed by atoms with Crippen LogP contribution >= 0.6 is 0 Å². The van der Waals surface area contributed by atoms with Gasteiger partial charge in [0.15, 0.2) is 0 Å². The standard InChI is InChI=1S/C14H8N4.C2H6OS.3ClH.Ir.3H2O/c1-3-9-11(15-5-1)12-10(4-2-6-16-12)14-13(9)17-7-8-18-14;1-4(2)3;;;;;;;/h1-8H;1-2H3;3*1H;;3*1H2/q;;;;;+3;;;/p-3. The van der Waals surface area contributed by atoms with Gasteiger partial charge in [0.05, 0.1) is 22.1 Å². The van der Waals surface area contributed by atoms with Crippen LogP contribution in [0.3, 0.4) is 0 Å². The van der Waals surface area contributed by atoms with E-state index < -0.39 is 10.8 Å². The Morgan fingerprint density at radius 3 is 1.14 bits per heavy atom. The summed E-state index contributed by atoms with van der Waals surface area (Å²) in [6.07, 6.45) is 10.2. The van der Waals surface area contributed by atoms with Crippen molar-refractivity contribution in [1.29, 1.82) is 0 Å². The molecule has 29 heavy (non-hydrogen) atoms. The van der Waals surface area contributed by atoms with Crippen LogP contribution in [0.2, 0.25) is 0 Å². The van der Waals surface area contributed by atoms with E-state index >= 15 is 0 Å². The minimum Gasteiger partial charge on any atom is -1.00 e. The molecule has 0 saturated heterocycles. The molecule has 164 valence electrons. The maximum atomic E-state index is 9.56. The molecule has 3 aromatic heterocycles. The summed E-state index contributed by atoms with van der Waals surface area (Å²) in [7, 11) is -0.611. The summed E-state index contributed by atoms with van der Waals surface area (Å²) >= 11 is 0. The third-order valence-electron chi connectivity index (χ3n) is 3.05. The number of hydrogen-bond donors (Lipinski definition) is 0. The third-order valence-corrected chi connectivity index (χ3v) is 3.05. The predicted octanol–water partition coefficient (Wildman–Crippen LogP) is -8.74. The van der Waals surface area contributed by atoms with Gasteiger partial charge < -0.3 is 53.6 Å². The van der Waals surface area contributed by atoms with Gasteiger partial charge in [-0.25, -0.2) is 0 Å². The summed E-state index contributed by atoms with van der Waals surface area (Å²) in [5, 5.41) is 1.98. The molecule has 0 saturated carbocycles. The maximum Gasteiger partial charge on any atom is 3.00 e. The molecule has 4 rings (SSSR count). The predicted molar refractivity (Wildman–Crippen MR) is 101 cm³/mol. The van der Waals surface area contributed by atoms with E-state index in [1.165, 1.54) is 0 Å². The Morgan fingerprint density at radius 1 is 0.621 bits per heavy atom. The Balaban J connectivity index is -0.000000162. The van der Waals surface area contributed by atoms with Gasteiger partial charge in [0, 0.05) is 58.9 Å². The van der Waals surface area contributed by atoms with Crippen molar-refractivity contribution < 1.29 is 78.0 Å². The van der Waals surface area contributed by atoms with Crippen LogP contribution < -0.4 is 37.2 Å². The molecule has 6 N–H and O–H groups in total. The Kier molecular flexibility index (Phi) is 23.6. The largest absolute Gasteiger partial charge is 3.00 e. The van der Waals surface area contributed by atoms with Crippen molar-refractivity contribution in [2.75, 3.05) is 12.5 Å². The van der Waals surface area contributed by atoms with E-state index in [9.17, 15) is 4.21 Å². The molecular weight excluding hydrogens is 643 g/mol. The second-order valence-electron chi connectivity index (χ2n) is 4.79. The minimum atomic E-state index is -0.611. The monoisotopic (exact) mass is 662 g/mol. The second-order valence-corrected chi connectivity index (χ2v) is 6.28. The van der Waals surface area contributed by atoms with Gasteiger partial charge in [-0.2, -0.15) is 0 Å². The van der Waals surface area contributed by atoms with Crippen LogP contribution in [0.15, 0.2) is 49.1 Å². The van der Waals surface area contributed by atoms with Gasteiger partial charge >= 0.3 is 20.1 Å². The molecule has 8 nitrogen and oxygen atoms in total. The molecule has 0 bridgehead atoms. The van der Waals surface area contributed by atoms with Crippen molar-refractivity contribution in [1.82, 2.24) is 19.9 Å². The van der Waals surface area contributed by atoms with Crippen molar-refractivity contribution in [2.24, 2.45) is 0 Å². The zero-order chi connectivity index (χ0) is 15.5. The number of rotatable bonds is 0. The Morgan fingerprint density at radius 2 is 0.862 bits per heavy atom. The van der Waals surface area contributed by atoms with Crippen LogP contribution in [-0.2, 0) is 30.9 Å². The number of aromatic nitrogens is 4. The van der Waals surface area contributed by atoms with Crippen LogP contribution in [0.5, 0.6) is 0 Å². The summed E-state index contributed by atoms with van der Waals surface area (Å²) in [5.74, 6) is 0. The number of fused-ring (bicyclic) bond motifs is 6. The van der Waals surface area contributed by atoms with Crippen molar-refractivity contribution >= 4 is 43.6 Å². The van der Waals surface area contributed by atoms with Crippen LogP contribution in [0.25, 0.3) is 32.8 Å². The number of benzene rings is 1. The van der Waals surface area contributed by atoms with Crippen LogP contribution in [0.1, 0.15) is 0 Å². The fourth-order valence-corrected chi connectivity index (χ4v) is 2.30. The Hall–Kier alpha value is -1.07. The smallest absolute Gasteiger partial charge is 1.00 e. The molecule has 0 aliphatic rings. The molecule has 4 aromatic rings. The number of hydrogen-bond acceptors (Lipinski definition) is 5. The van der Waals surface area contributed by atoms with Gasteiger partial charge in [-0.3, -0.25) is 24.1 Å². The fraction of sp³-hybridized carbons (Fsp3) is 0.125. The first-order chi connectivity index (χ1) is 10.7. The SMILES string of the molecule is CS(C)=O.O.O.O.[Cl-].[Cl-].[Cl-].[Ir+3].c1cnc2c(c1)c1nccnc1c1cccnc12. The molecule has 13 heteroatoms. The molecule has 0 fully saturated rings. The summed E-state index contributed by atoms with van der Waals surface area (Å²) in [5.41, 5.74) is 3.50. The van der Waals surface area contributed by atoms with E-state index in [1.807, 2.05) is 24.3 Å². The van der Waals surface area contributed by atoms with Crippen LogP contribution in [-0.4, -0.2) is 53.1 Å². The molecule has 0 aliphatic carbocycles. The van der Waals surface area contributed by atoms with Gasteiger partial charge in [0.1, 0.15) is 0 Å².